The van der Waals surface area contributed by atoms with Crippen LogP contribution in [0.25, 0.3) is 10.9 Å². The molecule has 0 fully saturated rings. The Morgan fingerprint density at radius 3 is 2.75 bits per heavy atom. The molecule has 0 amide bonds. The smallest absolute Gasteiger partial charge is 0.376 e. The van der Waals surface area contributed by atoms with Gasteiger partial charge >= 0.3 is 5.97 Å². The van der Waals surface area contributed by atoms with Crippen molar-refractivity contribution in [3.8, 4) is 5.88 Å². The van der Waals surface area contributed by atoms with E-state index in [4.69, 9.17) is 9.47 Å². The van der Waals surface area contributed by atoms with Crippen LogP contribution in [0.3, 0.4) is 0 Å². The number of esters is 1. The lowest BCUT2D eigenvalue weighted by atomic mass is 10.2. The second kappa shape index (κ2) is 7.04. The zero-order chi connectivity index (χ0) is 16.9. The van der Waals surface area contributed by atoms with Crippen molar-refractivity contribution < 1.29 is 18.7 Å². The number of hydrogen-bond donors (Lipinski definition) is 0. The van der Waals surface area contributed by atoms with Crippen molar-refractivity contribution in [3.05, 3.63) is 65.7 Å². The monoisotopic (exact) mass is 326 g/mol. The van der Waals surface area contributed by atoms with Gasteiger partial charge in [0.25, 0.3) is 0 Å². The van der Waals surface area contributed by atoms with Crippen LogP contribution in [0.5, 0.6) is 5.88 Å². The molecule has 0 aliphatic carbocycles. The number of carbonyl (C=O) groups excluding carboxylic acids is 1. The quantitative estimate of drug-likeness (QED) is 0.671. The first-order valence-electron chi connectivity index (χ1n) is 7.48. The van der Waals surface area contributed by atoms with E-state index in [1.54, 1.807) is 37.3 Å². The first-order valence-corrected chi connectivity index (χ1v) is 7.48. The van der Waals surface area contributed by atoms with Crippen LogP contribution in [0.2, 0.25) is 0 Å². The van der Waals surface area contributed by atoms with Gasteiger partial charge in [-0.05, 0) is 36.8 Å². The van der Waals surface area contributed by atoms with Gasteiger partial charge in [0, 0.05) is 0 Å². The third-order valence-electron chi connectivity index (χ3n) is 3.29. The van der Waals surface area contributed by atoms with Crippen LogP contribution in [-0.4, -0.2) is 22.5 Å². The van der Waals surface area contributed by atoms with Crippen molar-refractivity contribution in [2.24, 2.45) is 0 Å². The highest BCUT2D eigenvalue weighted by molar-refractivity contribution is 5.90. The predicted octanol–water partition coefficient (Wildman–Crippen LogP) is 3.52. The Bertz CT molecular complexity index is 883. The SMILES string of the molecule is CCOC(=O)c1nc(OCc2cccc(F)c2)c2ccccc2n1. The minimum atomic E-state index is -0.612. The molecule has 0 unspecified atom stereocenters. The lowest BCUT2D eigenvalue weighted by Gasteiger charge is -2.10. The maximum Gasteiger partial charge on any atom is 0.376 e. The second-order valence-electron chi connectivity index (χ2n) is 5.01. The molecular weight excluding hydrogens is 311 g/mol. The molecule has 1 heterocycles. The van der Waals surface area contributed by atoms with E-state index in [0.717, 1.165) is 0 Å². The maximum atomic E-state index is 13.3. The average Bonchev–Trinajstić information content (AvgIpc) is 2.59. The number of rotatable bonds is 5. The summed E-state index contributed by atoms with van der Waals surface area (Å²) in [5.74, 6) is -0.757. The minimum Gasteiger partial charge on any atom is -0.472 e. The highest BCUT2D eigenvalue weighted by Gasteiger charge is 2.15. The van der Waals surface area contributed by atoms with Crippen LogP contribution in [0, 0.1) is 5.82 Å². The fourth-order valence-corrected chi connectivity index (χ4v) is 2.22. The van der Waals surface area contributed by atoms with Crippen LogP contribution in [0.15, 0.2) is 48.5 Å². The summed E-state index contributed by atoms with van der Waals surface area (Å²) in [6.45, 7) is 2.07. The number of nitrogens with zero attached hydrogens (tertiary/aromatic N) is 2. The van der Waals surface area contributed by atoms with Crippen molar-refractivity contribution in [3.63, 3.8) is 0 Å². The fourth-order valence-electron chi connectivity index (χ4n) is 2.22. The molecule has 0 saturated carbocycles. The number of para-hydroxylation sites is 1. The third kappa shape index (κ3) is 3.48. The summed E-state index contributed by atoms with van der Waals surface area (Å²) < 4.78 is 23.9. The Morgan fingerprint density at radius 1 is 1.12 bits per heavy atom. The first-order chi connectivity index (χ1) is 11.7. The Balaban J connectivity index is 1.94. The van der Waals surface area contributed by atoms with Gasteiger partial charge in [0.05, 0.1) is 17.5 Å². The molecule has 0 saturated heterocycles. The molecule has 0 bridgehead atoms. The van der Waals surface area contributed by atoms with Gasteiger partial charge in [-0.2, -0.15) is 4.98 Å². The Labute approximate surface area is 138 Å². The van der Waals surface area contributed by atoms with Crippen molar-refractivity contribution in [2.75, 3.05) is 6.61 Å². The van der Waals surface area contributed by atoms with Gasteiger partial charge in [-0.25, -0.2) is 14.2 Å². The van der Waals surface area contributed by atoms with E-state index >= 15 is 0 Å². The van der Waals surface area contributed by atoms with E-state index in [9.17, 15) is 9.18 Å². The summed E-state index contributed by atoms with van der Waals surface area (Å²) >= 11 is 0. The molecule has 0 spiro atoms. The van der Waals surface area contributed by atoms with Crippen molar-refractivity contribution in [1.29, 1.82) is 0 Å². The molecule has 0 radical (unpaired) electrons. The van der Waals surface area contributed by atoms with Crippen LogP contribution in [0.1, 0.15) is 23.1 Å². The van der Waals surface area contributed by atoms with E-state index < -0.39 is 5.97 Å². The zero-order valence-corrected chi connectivity index (χ0v) is 13.0. The lowest BCUT2D eigenvalue weighted by Crippen LogP contribution is -2.11. The minimum absolute atomic E-state index is 0.0650. The van der Waals surface area contributed by atoms with E-state index in [2.05, 4.69) is 9.97 Å². The van der Waals surface area contributed by atoms with Gasteiger partial charge in [-0.1, -0.05) is 24.3 Å². The molecule has 0 aliphatic rings. The largest absolute Gasteiger partial charge is 0.472 e. The highest BCUT2D eigenvalue weighted by atomic mass is 19.1. The van der Waals surface area contributed by atoms with E-state index in [1.807, 2.05) is 6.07 Å². The van der Waals surface area contributed by atoms with Gasteiger partial charge < -0.3 is 9.47 Å². The van der Waals surface area contributed by atoms with Gasteiger partial charge in [-0.3, -0.25) is 0 Å². The molecule has 2 aromatic carbocycles. The Kier molecular flexibility index (Phi) is 4.65. The highest BCUT2D eigenvalue weighted by Crippen LogP contribution is 2.23. The second-order valence-corrected chi connectivity index (χ2v) is 5.01. The molecule has 24 heavy (non-hydrogen) atoms. The van der Waals surface area contributed by atoms with Crippen molar-refractivity contribution in [1.82, 2.24) is 9.97 Å². The molecule has 1 aromatic heterocycles. The number of fused-ring (bicyclic) bond motifs is 1. The Morgan fingerprint density at radius 2 is 1.96 bits per heavy atom. The number of ether oxygens (including phenoxy) is 2. The van der Waals surface area contributed by atoms with Gasteiger partial charge in [-0.15, -0.1) is 0 Å². The lowest BCUT2D eigenvalue weighted by molar-refractivity contribution is 0.0511. The van der Waals surface area contributed by atoms with Crippen LogP contribution in [-0.2, 0) is 11.3 Å². The topological polar surface area (TPSA) is 61.3 Å². The Hall–Kier alpha value is -3.02. The van der Waals surface area contributed by atoms with Gasteiger partial charge in [0.1, 0.15) is 12.4 Å². The molecule has 0 atom stereocenters. The van der Waals surface area contributed by atoms with Crippen molar-refractivity contribution >= 4 is 16.9 Å². The van der Waals surface area contributed by atoms with Crippen LogP contribution in [0.4, 0.5) is 4.39 Å². The molecule has 6 heteroatoms. The summed E-state index contributed by atoms with van der Waals surface area (Å²) in [5.41, 5.74) is 1.24. The fraction of sp³-hybridized carbons (Fsp3) is 0.167. The van der Waals surface area contributed by atoms with E-state index in [1.165, 1.54) is 12.1 Å². The summed E-state index contributed by atoms with van der Waals surface area (Å²) in [5, 5.41) is 0.668. The molecule has 5 nitrogen and oxygen atoms in total. The average molecular weight is 326 g/mol. The molecule has 3 rings (SSSR count). The van der Waals surface area contributed by atoms with E-state index in [0.29, 0.717) is 16.5 Å². The van der Waals surface area contributed by atoms with Crippen LogP contribution < -0.4 is 4.74 Å². The zero-order valence-electron chi connectivity index (χ0n) is 13.0. The predicted molar refractivity (Wildman–Crippen MR) is 86.2 cm³/mol. The summed E-state index contributed by atoms with van der Waals surface area (Å²) in [6.07, 6.45) is 0. The summed E-state index contributed by atoms with van der Waals surface area (Å²) in [4.78, 5) is 20.3. The first kappa shape index (κ1) is 15.9. The molecule has 0 aliphatic heterocycles. The van der Waals surface area contributed by atoms with Crippen LogP contribution >= 0.6 is 0 Å². The third-order valence-corrected chi connectivity index (χ3v) is 3.29. The normalized spacial score (nSPS) is 10.6. The summed E-state index contributed by atoms with van der Waals surface area (Å²) in [7, 11) is 0. The van der Waals surface area contributed by atoms with Gasteiger partial charge in [0.15, 0.2) is 0 Å². The number of benzene rings is 2. The van der Waals surface area contributed by atoms with Crippen molar-refractivity contribution in [2.45, 2.75) is 13.5 Å². The summed E-state index contributed by atoms with van der Waals surface area (Å²) in [6, 6.07) is 13.3. The standard InChI is InChI=1S/C18H15FN2O3/c1-2-23-18(22)16-20-15-9-4-3-8-14(15)17(21-16)24-11-12-6-5-7-13(19)10-12/h3-10H,2,11H2,1H3. The number of aromatic nitrogens is 2. The number of hydrogen-bond acceptors (Lipinski definition) is 5. The molecular formula is C18H15FN2O3. The molecule has 122 valence electrons. The van der Waals surface area contributed by atoms with E-state index in [-0.39, 0.29) is 30.7 Å². The number of carbonyl (C=O) groups is 1. The number of halogens is 1. The molecule has 0 N–H and O–H groups in total. The van der Waals surface area contributed by atoms with Gasteiger partial charge in [0.2, 0.25) is 11.7 Å². The maximum absolute atomic E-state index is 13.3. The molecule has 3 aromatic rings.